The summed E-state index contributed by atoms with van der Waals surface area (Å²) < 4.78 is 38.6. The van der Waals surface area contributed by atoms with Crippen molar-refractivity contribution in [2.45, 2.75) is 13.0 Å². The van der Waals surface area contributed by atoms with Gasteiger partial charge in [0.1, 0.15) is 11.9 Å². The summed E-state index contributed by atoms with van der Waals surface area (Å²) in [5.41, 5.74) is 0.372. The molecule has 1 N–H and O–H groups in total. The Morgan fingerprint density at radius 3 is 2.28 bits per heavy atom. The van der Waals surface area contributed by atoms with Gasteiger partial charge in [0.15, 0.2) is 0 Å². The Labute approximate surface area is 155 Å². The van der Waals surface area contributed by atoms with Gasteiger partial charge in [-0.25, -0.2) is 12.8 Å². The normalized spacial score (nSPS) is 12.5. The maximum absolute atomic E-state index is 13.5. The lowest BCUT2D eigenvalue weighted by molar-refractivity contribution is -0.116. The zero-order valence-electron chi connectivity index (χ0n) is 13.3. The van der Waals surface area contributed by atoms with Crippen molar-refractivity contribution >= 4 is 50.5 Å². The molecule has 0 aliphatic rings. The zero-order chi connectivity index (χ0) is 18.8. The quantitative estimate of drug-likeness (QED) is 0.820. The molecule has 9 heteroatoms. The zero-order valence-corrected chi connectivity index (χ0v) is 15.7. The van der Waals surface area contributed by atoms with Gasteiger partial charge in [-0.1, -0.05) is 29.3 Å². The molecule has 0 saturated carbocycles. The summed E-state index contributed by atoms with van der Waals surface area (Å²) in [7, 11) is -3.83. The molecule has 0 aliphatic heterocycles. The molecular formula is C16H15Cl2FN2O3S. The van der Waals surface area contributed by atoms with Gasteiger partial charge in [0.05, 0.1) is 11.9 Å². The van der Waals surface area contributed by atoms with Gasteiger partial charge < -0.3 is 5.32 Å². The molecule has 25 heavy (non-hydrogen) atoms. The maximum atomic E-state index is 13.5. The highest BCUT2D eigenvalue weighted by atomic mass is 35.5. The monoisotopic (exact) mass is 404 g/mol. The summed E-state index contributed by atoms with van der Waals surface area (Å²) >= 11 is 11.8. The molecule has 0 unspecified atom stereocenters. The number of hydrogen-bond acceptors (Lipinski definition) is 3. The second-order valence-electron chi connectivity index (χ2n) is 5.36. The molecule has 0 aliphatic carbocycles. The minimum atomic E-state index is -3.83. The number of hydrogen-bond donors (Lipinski definition) is 1. The Kier molecular flexibility index (Phi) is 5.92. The fourth-order valence-electron chi connectivity index (χ4n) is 2.29. The summed E-state index contributed by atoms with van der Waals surface area (Å²) in [6, 6.07) is 8.32. The predicted octanol–water partition coefficient (Wildman–Crippen LogP) is 3.93. The molecule has 0 heterocycles. The van der Waals surface area contributed by atoms with Crippen LogP contribution in [0.25, 0.3) is 0 Å². The fraction of sp³-hybridized carbons (Fsp3) is 0.188. The third-order valence-electron chi connectivity index (χ3n) is 3.28. The second-order valence-corrected chi connectivity index (χ2v) is 8.09. The molecule has 0 spiro atoms. The smallest absolute Gasteiger partial charge is 0.247 e. The third kappa shape index (κ3) is 5.07. The van der Waals surface area contributed by atoms with Crippen molar-refractivity contribution < 1.29 is 17.6 Å². The van der Waals surface area contributed by atoms with Crippen LogP contribution in [-0.2, 0) is 14.8 Å². The van der Waals surface area contributed by atoms with E-state index in [0.717, 1.165) is 16.6 Å². The molecular weight excluding hydrogens is 390 g/mol. The van der Waals surface area contributed by atoms with Crippen LogP contribution in [0, 0.1) is 5.82 Å². The molecule has 0 aromatic heterocycles. The lowest BCUT2D eigenvalue weighted by Crippen LogP contribution is -2.45. The van der Waals surface area contributed by atoms with Gasteiger partial charge in [-0.2, -0.15) is 0 Å². The number of nitrogens with one attached hydrogen (secondary N) is 1. The number of sulfonamides is 1. The van der Waals surface area contributed by atoms with Crippen molar-refractivity contribution in [2.24, 2.45) is 0 Å². The molecule has 0 bridgehead atoms. The summed E-state index contributed by atoms with van der Waals surface area (Å²) in [6.45, 7) is 1.40. The fourth-order valence-corrected chi connectivity index (χ4v) is 3.99. The van der Waals surface area contributed by atoms with Gasteiger partial charge in [-0.15, -0.1) is 0 Å². The molecule has 134 valence electrons. The van der Waals surface area contributed by atoms with Crippen LogP contribution < -0.4 is 9.62 Å². The average Bonchev–Trinajstić information content (AvgIpc) is 2.44. The molecule has 5 nitrogen and oxygen atoms in total. The van der Waals surface area contributed by atoms with Crippen molar-refractivity contribution in [3.05, 3.63) is 58.3 Å². The number of nitrogens with zero attached hydrogens (tertiary/aromatic N) is 1. The summed E-state index contributed by atoms with van der Waals surface area (Å²) in [4.78, 5) is 12.5. The van der Waals surface area contributed by atoms with Crippen molar-refractivity contribution in [2.75, 3.05) is 15.9 Å². The number of rotatable bonds is 5. The van der Waals surface area contributed by atoms with E-state index in [2.05, 4.69) is 5.32 Å². The van der Waals surface area contributed by atoms with Crippen molar-refractivity contribution in [3.63, 3.8) is 0 Å². The highest BCUT2D eigenvalue weighted by Gasteiger charge is 2.29. The molecule has 0 fully saturated rings. The van der Waals surface area contributed by atoms with E-state index in [4.69, 9.17) is 23.2 Å². The third-order valence-corrected chi connectivity index (χ3v) is 4.96. The lowest BCUT2D eigenvalue weighted by atomic mass is 10.2. The first-order chi connectivity index (χ1) is 11.6. The Morgan fingerprint density at radius 2 is 1.76 bits per heavy atom. The number of anilines is 2. The van der Waals surface area contributed by atoms with Crippen LogP contribution in [0.4, 0.5) is 15.8 Å². The van der Waals surface area contributed by atoms with Crippen LogP contribution in [-0.4, -0.2) is 26.6 Å². The number of halogens is 3. The van der Waals surface area contributed by atoms with Gasteiger partial charge in [0.2, 0.25) is 15.9 Å². The van der Waals surface area contributed by atoms with Crippen LogP contribution in [0.5, 0.6) is 0 Å². The highest BCUT2D eigenvalue weighted by molar-refractivity contribution is 7.92. The Hall–Kier alpha value is -1.83. The molecule has 1 amide bonds. The Balaban J connectivity index is 2.33. The van der Waals surface area contributed by atoms with Gasteiger partial charge in [-0.05, 0) is 43.3 Å². The predicted molar refractivity (Wildman–Crippen MR) is 98.3 cm³/mol. The molecule has 2 aromatic carbocycles. The van der Waals surface area contributed by atoms with E-state index in [-0.39, 0.29) is 5.69 Å². The lowest BCUT2D eigenvalue weighted by Gasteiger charge is -2.28. The number of benzene rings is 2. The van der Waals surface area contributed by atoms with Gasteiger partial charge in [0.25, 0.3) is 0 Å². The minimum absolute atomic E-state index is 0.0503. The first-order valence-corrected chi connectivity index (χ1v) is 9.70. The van der Waals surface area contributed by atoms with Gasteiger partial charge >= 0.3 is 0 Å². The van der Waals surface area contributed by atoms with Crippen LogP contribution in [0.3, 0.4) is 0 Å². The number of carbonyl (C=O) groups excluding carboxylic acids is 1. The Bertz CT molecular complexity index is 886. The Morgan fingerprint density at radius 1 is 1.16 bits per heavy atom. The van der Waals surface area contributed by atoms with E-state index in [1.165, 1.54) is 43.3 Å². The van der Waals surface area contributed by atoms with Crippen molar-refractivity contribution in [1.29, 1.82) is 0 Å². The largest absolute Gasteiger partial charge is 0.324 e. The standard InChI is InChI=1S/C16H15Cl2FN2O3S/c1-10(16(22)20-14-7-11(17)6-12(18)8-14)21(25(2,23)24)15-5-3-4-13(19)9-15/h3-10H,1-2H3,(H,20,22)/t10-/m0/s1. The van der Waals surface area contributed by atoms with Crippen LogP contribution >= 0.6 is 23.2 Å². The topological polar surface area (TPSA) is 66.5 Å². The van der Waals surface area contributed by atoms with E-state index in [9.17, 15) is 17.6 Å². The highest BCUT2D eigenvalue weighted by Crippen LogP contribution is 2.25. The molecule has 2 aromatic rings. The maximum Gasteiger partial charge on any atom is 0.247 e. The van der Waals surface area contributed by atoms with E-state index >= 15 is 0 Å². The summed E-state index contributed by atoms with van der Waals surface area (Å²) in [6.07, 6.45) is 0.942. The van der Waals surface area contributed by atoms with E-state index in [0.29, 0.717) is 15.7 Å². The molecule has 0 saturated heterocycles. The van der Waals surface area contributed by atoms with Gasteiger partial charge in [0, 0.05) is 15.7 Å². The van der Waals surface area contributed by atoms with Crippen molar-refractivity contribution in [1.82, 2.24) is 0 Å². The first-order valence-electron chi connectivity index (χ1n) is 7.10. The number of amides is 1. The summed E-state index contributed by atoms with van der Waals surface area (Å²) in [5.74, 6) is -1.23. The molecule has 0 radical (unpaired) electrons. The number of carbonyl (C=O) groups is 1. The molecule has 2 rings (SSSR count). The van der Waals surface area contributed by atoms with E-state index in [1.807, 2.05) is 0 Å². The van der Waals surface area contributed by atoms with Crippen LogP contribution in [0.15, 0.2) is 42.5 Å². The van der Waals surface area contributed by atoms with E-state index < -0.39 is 27.8 Å². The summed E-state index contributed by atoms with van der Waals surface area (Å²) in [5, 5.41) is 3.19. The molecule has 1 atom stereocenters. The first kappa shape index (κ1) is 19.5. The average molecular weight is 405 g/mol. The van der Waals surface area contributed by atoms with Crippen molar-refractivity contribution in [3.8, 4) is 0 Å². The van der Waals surface area contributed by atoms with Crippen LogP contribution in [0.1, 0.15) is 6.92 Å². The SMILES string of the molecule is C[C@@H](C(=O)Nc1cc(Cl)cc(Cl)c1)N(c1cccc(F)c1)S(C)(=O)=O. The second kappa shape index (κ2) is 7.59. The van der Waals surface area contributed by atoms with E-state index in [1.54, 1.807) is 0 Å². The van der Waals surface area contributed by atoms with Crippen LogP contribution in [0.2, 0.25) is 10.0 Å². The van der Waals surface area contributed by atoms with Gasteiger partial charge in [-0.3, -0.25) is 9.10 Å². The minimum Gasteiger partial charge on any atom is -0.324 e.